The Kier molecular flexibility index (Phi) is 3.02. The molecule has 2 rings (SSSR count). The van der Waals surface area contributed by atoms with Crippen LogP contribution in [-0.4, -0.2) is 20.5 Å². The molecule has 0 bridgehead atoms. The van der Waals surface area contributed by atoms with Crippen molar-refractivity contribution in [2.75, 3.05) is 6.26 Å². The van der Waals surface area contributed by atoms with Gasteiger partial charge < -0.3 is 4.18 Å². The Morgan fingerprint density at radius 1 is 1.24 bits per heavy atom. The fraction of sp³-hybridized carbons (Fsp3) is 0.250. The molecule has 0 heterocycles. The van der Waals surface area contributed by atoms with Gasteiger partial charge in [-0.1, -0.05) is 24.3 Å². The van der Waals surface area contributed by atoms with E-state index in [-0.39, 0.29) is 5.78 Å². The Hall–Kier alpha value is -1.62. The fourth-order valence-electron chi connectivity index (χ4n) is 1.77. The molecule has 0 aliphatic heterocycles. The zero-order valence-electron chi connectivity index (χ0n) is 9.34. The summed E-state index contributed by atoms with van der Waals surface area (Å²) in [4.78, 5) is 12.0. The van der Waals surface area contributed by atoms with Gasteiger partial charge in [-0.25, -0.2) is 0 Å². The number of Topliss-reactive ketones (excluding diaryl/α,β-unsaturated/α-hetero) is 1. The minimum Gasteiger partial charge on any atom is -0.390 e. The number of fused-ring (bicyclic) bond motifs is 1. The molecule has 0 unspecified atom stereocenters. The van der Waals surface area contributed by atoms with Crippen LogP contribution in [0.1, 0.15) is 22.3 Å². The van der Waals surface area contributed by atoms with E-state index >= 15 is 0 Å². The van der Waals surface area contributed by atoms with Crippen LogP contribution < -0.4 is 0 Å². The number of carbonyl (C=O) groups is 1. The summed E-state index contributed by atoms with van der Waals surface area (Å²) in [5, 5.41) is 0. The molecule has 1 aliphatic rings. The van der Waals surface area contributed by atoms with Crippen molar-refractivity contribution in [3.63, 3.8) is 0 Å². The SMILES string of the molecule is CS(=O)(=O)O/C=C1\CCc2ccccc2C1=O. The van der Waals surface area contributed by atoms with E-state index in [2.05, 4.69) is 4.18 Å². The van der Waals surface area contributed by atoms with Gasteiger partial charge in [-0.2, -0.15) is 8.42 Å². The van der Waals surface area contributed by atoms with Crippen LogP contribution in [0.4, 0.5) is 0 Å². The minimum atomic E-state index is -3.55. The largest absolute Gasteiger partial charge is 0.390 e. The third-order valence-corrected chi connectivity index (χ3v) is 3.03. The third kappa shape index (κ3) is 2.74. The highest BCUT2D eigenvalue weighted by Crippen LogP contribution is 2.24. The molecule has 0 amide bonds. The van der Waals surface area contributed by atoms with E-state index in [4.69, 9.17) is 0 Å². The van der Waals surface area contributed by atoms with Gasteiger partial charge in [-0.15, -0.1) is 0 Å². The molecule has 1 aliphatic carbocycles. The van der Waals surface area contributed by atoms with Crippen LogP contribution in [0.25, 0.3) is 0 Å². The molecule has 0 radical (unpaired) electrons. The lowest BCUT2D eigenvalue weighted by molar-refractivity contribution is 0.102. The molecular weight excluding hydrogens is 240 g/mol. The molecular formula is C12H12O4S. The second-order valence-corrected chi connectivity index (χ2v) is 5.53. The van der Waals surface area contributed by atoms with Crippen LogP contribution in [0.2, 0.25) is 0 Å². The number of rotatable bonds is 2. The molecule has 4 nitrogen and oxygen atoms in total. The zero-order valence-corrected chi connectivity index (χ0v) is 10.2. The van der Waals surface area contributed by atoms with Crippen molar-refractivity contribution < 1.29 is 17.4 Å². The Morgan fingerprint density at radius 2 is 1.94 bits per heavy atom. The number of hydrogen-bond donors (Lipinski definition) is 0. The third-order valence-electron chi connectivity index (χ3n) is 2.58. The highest BCUT2D eigenvalue weighted by atomic mass is 32.2. The van der Waals surface area contributed by atoms with Gasteiger partial charge in [0.1, 0.15) is 6.26 Å². The first kappa shape index (κ1) is 11.9. The predicted octanol–water partition coefficient (Wildman–Crippen LogP) is 1.68. The van der Waals surface area contributed by atoms with E-state index in [9.17, 15) is 13.2 Å². The normalized spacial score (nSPS) is 17.9. The van der Waals surface area contributed by atoms with Gasteiger partial charge in [-0.05, 0) is 18.4 Å². The molecule has 0 atom stereocenters. The van der Waals surface area contributed by atoms with E-state index in [0.29, 0.717) is 17.6 Å². The van der Waals surface area contributed by atoms with Crippen molar-refractivity contribution in [2.24, 2.45) is 0 Å². The molecule has 0 spiro atoms. The lowest BCUT2D eigenvalue weighted by atomic mass is 9.88. The summed E-state index contributed by atoms with van der Waals surface area (Å²) in [6.07, 6.45) is 3.23. The van der Waals surface area contributed by atoms with Gasteiger partial charge in [-0.3, -0.25) is 4.79 Å². The van der Waals surface area contributed by atoms with Crippen molar-refractivity contribution in [1.29, 1.82) is 0 Å². The Balaban J connectivity index is 2.29. The van der Waals surface area contributed by atoms with Crippen molar-refractivity contribution in [2.45, 2.75) is 12.8 Å². The molecule has 1 aromatic carbocycles. The van der Waals surface area contributed by atoms with Crippen LogP contribution in [0.15, 0.2) is 36.1 Å². The first-order valence-corrected chi connectivity index (χ1v) is 6.99. The van der Waals surface area contributed by atoms with Crippen molar-refractivity contribution in [3.05, 3.63) is 47.2 Å². The average molecular weight is 252 g/mol. The van der Waals surface area contributed by atoms with Gasteiger partial charge in [0.2, 0.25) is 0 Å². The van der Waals surface area contributed by atoms with Gasteiger partial charge in [0, 0.05) is 11.1 Å². The van der Waals surface area contributed by atoms with E-state index < -0.39 is 10.1 Å². The van der Waals surface area contributed by atoms with Crippen LogP contribution in [0, 0.1) is 0 Å². The molecule has 0 saturated carbocycles. The van der Waals surface area contributed by atoms with Gasteiger partial charge >= 0.3 is 10.1 Å². The zero-order chi connectivity index (χ0) is 12.5. The standard InChI is InChI=1S/C12H12O4S/c1-17(14,15)16-8-10-7-6-9-4-2-3-5-11(9)12(10)13/h2-5,8H,6-7H2,1H3/b10-8+. The van der Waals surface area contributed by atoms with Crippen molar-refractivity contribution >= 4 is 15.9 Å². The highest BCUT2D eigenvalue weighted by molar-refractivity contribution is 7.86. The smallest absolute Gasteiger partial charge is 0.305 e. The number of ketones is 1. The highest BCUT2D eigenvalue weighted by Gasteiger charge is 2.22. The van der Waals surface area contributed by atoms with Crippen LogP contribution in [0.3, 0.4) is 0 Å². The van der Waals surface area contributed by atoms with Crippen LogP contribution in [-0.2, 0) is 20.7 Å². The van der Waals surface area contributed by atoms with Crippen molar-refractivity contribution in [3.8, 4) is 0 Å². The summed E-state index contributed by atoms with van der Waals surface area (Å²) < 4.78 is 26.2. The summed E-state index contributed by atoms with van der Waals surface area (Å²) in [6, 6.07) is 7.32. The number of aryl methyl sites for hydroxylation is 1. The lowest BCUT2D eigenvalue weighted by Gasteiger charge is -2.16. The average Bonchev–Trinajstić information content (AvgIpc) is 2.27. The molecule has 5 heteroatoms. The first-order valence-electron chi connectivity index (χ1n) is 5.17. The second-order valence-electron chi connectivity index (χ2n) is 3.93. The van der Waals surface area contributed by atoms with Crippen LogP contribution in [0.5, 0.6) is 0 Å². The number of hydrogen-bond acceptors (Lipinski definition) is 4. The molecule has 0 aromatic heterocycles. The molecule has 17 heavy (non-hydrogen) atoms. The number of carbonyl (C=O) groups excluding carboxylic acids is 1. The summed E-state index contributed by atoms with van der Waals surface area (Å²) in [5.74, 6) is -0.157. The Morgan fingerprint density at radius 3 is 2.65 bits per heavy atom. The van der Waals surface area contributed by atoms with E-state index in [1.54, 1.807) is 12.1 Å². The summed E-state index contributed by atoms with van der Waals surface area (Å²) in [6.45, 7) is 0. The number of benzene rings is 1. The van der Waals surface area contributed by atoms with Crippen LogP contribution >= 0.6 is 0 Å². The minimum absolute atomic E-state index is 0.157. The van der Waals surface area contributed by atoms with Gasteiger partial charge in [0.15, 0.2) is 5.78 Å². The molecule has 0 fully saturated rings. The molecule has 0 saturated heterocycles. The first-order chi connectivity index (χ1) is 7.97. The van der Waals surface area contributed by atoms with E-state index in [1.807, 2.05) is 12.1 Å². The summed E-state index contributed by atoms with van der Waals surface area (Å²) in [5.41, 5.74) is 2.02. The van der Waals surface area contributed by atoms with E-state index in [1.165, 1.54) is 0 Å². The molecule has 90 valence electrons. The number of allylic oxidation sites excluding steroid dienone is 1. The van der Waals surface area contributed by atoms with E-state index in [0.717, 1.165) is 24.5 Å². The summed E-state index contributed by atoms with van der Waals surface area (Å²) in [7, 11) is -3.55. The molecule has 0 N–H and O–H groups in total. The van der Waals surface area contributed by atoms with Gasteiger partial charge in [0.05, 0.1) is 6.26 Å². The topological polar surface area (TPSA) is 60.4 Å². The lowest BCUT2D eigenvalue weighted by Crippen LogP contribution is -2.14. The maximum Gasteiger partial charge on any atom is 0.305 e. The van der Waals surface area contributed by atoms with Gasteiger partial charge in [0.25, 0.3) is 0 Å². The maximum atomic E-state index is 12.0. The summed E-state index contributed by atoms with van der Waals surface area (Å²) >= 11 is 0. The molecule has 1 aromatic rings. The monoisotopic (exact) mass is 252 g/mol. The van der Waals surface area contributed by atoms with Crippen molar-refractivity contribution in [1.82, 2.24) is 0 Å². The predicted molar refractivity (Wildman–Crippen MR) is 63.1 cm³/mol. The fourth-order valence-corrected chi connectivity index (χ4v) is 2.06. The quantitative estimate of drug-likeness (QED) is 0.456. The second kappa shape index (κ2) is 4.33. The Labute approximate surface area is 100 Å². The Bertz CT molecular complexity index is 584. The maximum absolute atomic E-state index is 12.0.